The van der Waals surface area contributed by atoms with Gasteiger partial charge in [-0.05, 0) is 12.5 Å². The molecule has 0 aliphatic rings. The van der Waals surface area contributed by atoms with Crippen LogP contribution in [0.25, 0.3) is 0 Å². The van der Waals surface area contributed by atoms with E-state index in [1.165, 1.54) is 37.0 Å². The van der Waals surface area contributed by atoms with Crippen molar-refractivity contribution in [3.63, 3.8) is 0 Å². The van der Waals surface area contributed by atoms with E-state index in [0.29, 0.717) is 5.92 Å². The minimum Gasteiger partial charge on any atom is -0.198 e. The van der Waals surface area contributed by atoms with Crippen LogP contribution in [-0.2, 0) is 0 Å². The Morgan fingerprint density at radius 1 is 1.00 bits per heavy atom. The van der Waals surface area contributed by atoms with Crippen LogP contribution in [0.1, 0.15) is 53.4 Å². The van der Waals surface area contributed by atoms with Gasteiger partial charge in [0.05, 0.1) is 14.1 Å². The molecule has 2 heteroatoms. The highest BCUT2D eigenvalue weighted by Gasteiger charge is 2.31. The predicted octanol–water partition coefficient (Wildman–Crippen LogP) is 5.21. The first kappa shape index (κ1) is 15.7. The summed E-state index contributed by atoms with van der Waals surface area (Å²) in [7, 11) is -1.11. The van der Waals surface area contributed by atoms with Crippen LogP contribution in [0.2, 0.25) is 24.2 Å². The van der Waals surface area contributed by atoms with Crippen LogP contribution < -0.4 is 0 Å². The quantitative estimate of drug-likeness (QED) is 0.506. The number of hydrogen-bond donors (Lipinski definition) is 0. The van der Waals surface area contributed by atoms with Crippen molar-refractivity contribution in [1.82, 2.24) is 0 Å². The average Bonchev–Trinajstić information content (AvgIpc) is 2.29. The maximum absolute atomic E-state index is 9.22. The van der Waals surface area contributed by atoms with Gasteiger partial charge in [-0.15, -0.1) is 0 Å². The Balaban J connectivity index is 4.54. The molecular weight excluding hydrogens is 210 g/mol. The maximum atomic E-state index is 9.22. The zero-order valence-corrected chi connectivity index (χ0v) is 12.7. The molecular formula is C14H29NSi. The Kier molecular flexibility index (Phi) is 8.65. The molecule has 0 aromatic rings. The highest BCUT2D eigenvalue weighted by atomic mass is 28.3. The monoisotopic (exact) mass is 239 g/mol. The zero-order valence-electron chi connectivity index (χ0n) is 11.7. The number of nitrogens with zero attached hydrogens (tertiary/aromatic N) is 1. The molecule has 0 amide bonds. The van der Waals surface area contributed by atoms with Crippen molar-refractivity contribution in [3.05, 3.63) is 0 Å². The van der Waals surface area contributed by atoms with Gasteiger partial charge in [0.15, 0.2) is 0 Å². The highest BCUT2D eigenvalue weighted by molar-refractivity contribution is 6.79. The van der Waals surface area contributed by atoms with E-state index in [4.69, 9.17) is 0 Å². The molecule has 94 valence electrons. The minimum absolute atomic E-state index is 0.342. The normalized spacial score (nSPS) is 13.4. The van der Waals surface area contributed by atoms with Crippen molar-refractivity contribution < 1.29 is 0 Å². The van der Waals surface area contributed by atoms with Gasteiger partial charge in [0.2, 0.25) is 0 Å². The molecule has 0 N–H and O–H groups in total. The second kappa shape index (κ2) is 8.81. The third-order valence-electron chi connectivity index (χ3n) is 3.81. The SMILES string of the molecule is CCCC(C#N)C[Si](CC)(CCC)CCC. The summed E-state index contributed by atoms with van der Waals surface area (Å²) in [5.41, 5.74) is 0. The van der Waals surface area contributed by atoms with E-state index >= 15 is 0 Å². The first-order valence-corrected chi connectivity index (χ1v) is 9.90. The summed E-state index contributed by atoms with van der Waals surface area (Å²) in [5.74, 6) is 0.342. The molecule has 0 heterocycles. The fraction of sp³-hybridized carbons (Fsp3) is 0.929. The summed E-state index contributed by atoms with van der Waals surface area (Å²) in [4.78, 5) is 0. The van der Waals surface area contributed by atoms with Gasteiger partial charge in [-0.1, -0.05) is 65.1 Å². The summed E-state index contributed by atoms with van der Waals surface area (Å²) in [6.07, 6.45) is 4.89. The maximum Gasteiger partial charge on any atom is 0.0652 e. The van der Waals surface area contributed by atoms with Crippen LogP contribution in [0.5, 0.6) is 0 Å². The smallest absolute Gasteiger partial charge is 0.0652 e. The van der Waals surface area contributed by atoms with Crippen molar-refractivity contribution in [2.45, 2.75) is 77.6 Å². The van der Waals surface area contributed by atoms with Gasteiger partial charge in [0.1, 0.15) is 0 Å². The summed E-state index contributed by atoms with van der Waals surface area (Å²) in [6.45, 7) is 9.15. The topological polar surface area (TPSA) is 23.8 Å². The Morgan fingerprint density at radius 3 is 1.88 bits per heavy atom. The van der Waals surface area contributed by atoms with Gasteiger partial charge in [-0.2, -0.15) is 5.26 Å². The Bertz CT molecular complexity index is 201. The van der Waals surface area contributed by atoms with E-state index in [-0.39, 0.29) is 0 Å². The van der Waals surface area contributed by atoms with E-state index in [1.54, 1.807) is 0 Å². The number of nitriles is 1. The van der Waals surface area contributed by atoms with Crippen LogP contribution in [-0.4, -0.2) is 8.07 Å². The van der Waals surface area contributed by atoms with Crippen molar-refractivity contribution in [3.8, 4) is 6.07 Å². The molecule has 16 heavy (non-hydrogen) atoms. The van der Waals surface area contributed by atoms with Crippen LogP contribution in [0, 0.1) is 17.2 Å². The molecule has 1 nitrogen and oxygen atoms in total. The van der Waals surface area contributed by atoms with E-state index in [0.717, 1.165) is 12.8 Å². The second-order valence-electron chi connectivity index (χ2n) is 5.17. The minimum atomic E-state index is -1.11. The molecule has 0 rings (SSSR count). The zero-order chi connectivity index (χ0) is 12.4. The molecule has 0 aromatic carbocycles. The average molecular weight is 239 g/mol. The Morgan fingerprint density at radius 2 is 1.56 bits per heavy atom. The lowest BCUT2D eigenvalue weighted by molar-refractivity contribution is 0.630. The molecule has 0 saturated carbocycles. The number of hydrogen-bond acceptors (Lipinski definition) is 1. The predicted molar refractivity (Wildman–Crippen MR) is 75.2 cm³/mol. The molecule has 0 aliphatic heterocycles. The molecule has 0 bridgehead atoms. The summed E-state index contributed by atoms with van der Waals surface area (Å²) in [6, 6.07) is 8.03. The van der Waals surface area contributed by atoms with Gasteiger partial charge in [-0.3, -0.25) is 0 Å². The Hall–Kier alpha value is -0.293. The van der Waals surface area contributed by atoms with Crippen molar-refractivity contribution in [2.75, 3.05) is 0 Å². The lowest BCUT2D eigenvalue weighted by Gasteiger charge is -2.32. The summed E-state index contributed by atoms with van der Waals surface area (Å²) >= 11 is 0. The van der Waals surface area contributed by atoms with E-state index in [1.807, 2.05) is 0 Å². The van der Waals surface area contributed by atoms with Crippen LogP contribution in [0.3, 0.4) is 0 Å². The fourth-order valence-corrected chi connectivity index (χ4v) is 8.09. The second-order valence-corrected chi connectivity index (χ2v) is 10.3. The van der Waals surface area contributed by atoms with Crippen LogP contribution in [0.4, 0.5) is 0 Å². The van der Waals surface area contributed by atoms with E-state index < -0.39 is 8.07 Å². The standard InChI is InChI=1S/C14H29NSi/c1-5-9-14(12-15)13-16(8-4,10-6-2)11-7-3/h14H,5-11,13H2,1-4H3. The Labute approximate surface area is 103 Å². The molecule has 0 radical (unpaired) electrons. The first-order chi connectivity index (χ1) is 7.67. The van der Waals surface area contributed by atoms with Gasteiger partial charge in [0, 0.05) is 5.92 Å². The fourth-order valence-electron chi connectivity index (χ4n) is 2.97. The van der Waals surface area contributed by atoms with Crippen molar-refractivity contribution in [1.29, 1.82) is 5.26 Å². The van der Waals surface area contributed by atoms with Gasteiger partial charge in [0.25, 0.3) is 0 Å². The number of rotatable bonds is 9. The molecule has 0 fully saturated rings. The summed E-state index contributed by atoms with van der Waals surface area (Å²) < 4.78 is 0. The van der Waals surface area contributed by atoms with Crippen LogP contribution in [0.15, 0.2) is 0 Å². The molecule has 0 saturated heterocycles. The first-order valence-electron chi connectivity index (χ1n) is 7.07. The van der Waals surface area contributed by atoms with E-state index in [9.17, 15) is 5.26 Å². The van der Waals surface area contributed by atoms with Gasteiger partial charge < -0.3 is 0 Å². The van der Waals surface area contributed by atoms with Crippen molar-refractivity contribution in [2.24, 2.45) is 5.92 Å². The van der Waals surface area contributed by atoms with E-state index in [2.05, 4.69) is 33.8 Å². The van der Waals surface area contributed by atoms with Crippen LogP contribution >= 0.6 is 0 Å². The molecule has 0 aliphatic carbocycles. The largest absolute Gasteiger partial charge is 0.198 e. The molecule has 0 spiro atoms. The highest BCUT2D eigenvalue weighted by Crippen LogP contribution is 2.33. The lowest BCUT2D eigenvalue weighted by atomic mass is 10.1. The molecule has 1 atom stereocenters. The lowest BCUT2D eigenvalue weighted by Crippen LogP contribution is -2.34. The summed E-state index contributed by atoms with van der Waals surface area (Å²) in [5, 5.41) is 9.22. The molecule has 0 aromatic heterocycles. The van der Waals surface area contributed by atoms with Crippen molar-refractivity contribution >= 4 is 8.07 Å². The van der Waals surface area contributed by atoms with Gasteiger partial charge in [-0.25, -0.2) is 0 Å². The third-order valence-corrected chi connectivity index (χ3v) is 9.79. The molecule has 1 unspecified atom stereocenters. The van der Waals surface area contributed by atoms with Gasteiger partial charge >= 0.3 is 0 Å². The third kappa shape index (κ3) is 5.16.